The maximum atomic E-state index is 12.5. The van der Waals surface area contributed by atoms with E-state index in [1.54, 1.807) is 32.9 Å². The molecule has 0 N–H and O–H groups in total. The number of carbonyl (C=O) groups excluding carboxylic acids is 4. The van der Waals surface area contributed by atoms with Gasteiger partial charge in [-0.25, -0.2) is 9.59 Å². The molecule has 0 aromatic heterocycles. The highest BCUT2D eigenvalue weighted by Crippen LogP contribution is 2.29. The Balaban J connectivity index is 1.71. The summed E-state index contributed by atoms with van der Waals surface area (Å²) in [7, 11) is 0. The van der Waals surface area contributed by atoms with Gasteiger partial charge in [-0.3, -0.25) is 14.5 Å². The lowest BCUT2D eigenvalue weighted by Gasteiger charge is -2.27. The van der Waals surface area contributed by atoms with Crippen molar-refractivity contribution >= 4 is 35.6 Å². The summed E-state index contributed by atoms with van der Waals surface area (Å²) in [6.45, 7) is 5.47. The smallest absolute Gasteiger partial charge is 0.411 e. The molecule has 1 unspecified atom stereocenters. The molecule has 1 aromatic rings. The third-order valence-corrected chi connectivity index (χ3v) is 4.84. The van der Waals surface area contributed by atoms with E-state index in [-0.39, 0.29) is 11.1 Å². The predicted octanol–water partition coefficient (Wildman–Crippen LogP) is 2.05. The van der Waals surface area contributed by atoms with Crippen LogP contribution < -0.4 is 0 Å². The van der Waals surface area contributed by atoms with Gasteiger partial charge in [-0.1, -0.05) is 17.2 Å². The van der Waals surface area contributed by atoms with Crippen molar-refractivity contribution in [1.82, 2.24) is 9.96 Å². The molecule has 1 aromatic carbocycles. The maximum absolute atomic E-state index is 12.5. The number of rotatable bonds is 2. The van der Waals surface area contributed by atoms with Gasteiger partial charge < -0.3 is 9.57 Å². The summed E-state index contributed by atoms with van der Waals surface area (Å²) >= 11 is 1.18. The number of carbonyl (C=O) groups is 4. The molecule has 26 heavy (non-hydrogen) atoms. The number of amides is 3. The Labute approximate surface area is 154 Å². The van der Waals surface area contributed by atoms with Crippen LogP contribution in [0.2, 0.25) is 0 Å². The third kappa shape index (κ3) is 3.39. The standard InChI is InChI=1S/C17H18N2O6S/c1-17(2,3)24-16(23)18-8-9-26-14(18)15(22)25-19-12(20)10-6-4-5-7-11(10)13(19)21/h4-7,14H,8-9H2,1-3H3. The zero-order chi connectivity index (χ0) is 19.1. The monoisotopic (exact) mass is 378 g/mol. The van der Waals surface area contributed by atoms with Crippen LogP contribution in [0, 0.1) is 0 Å². The minimum Gasteiger partial charge on any atom is -0.444 e. The van der Waals surface area contributed by atoms with Crippen LogP contribution in [-0.2, 0) is 14.4 Å². The summed E-state index contributed by atoms with van der Waals surface area (Å²) in [5.41, 5.74) is -0.358. The van der Waals surface area contributed by atoms with Crippen LogP contribution in [0.25, 0.3) is 0 Å². The van der Waals surface area contributed by atoms with Crippen LogP contribution in [-0.4, -0.2) is 57.1 Å². The average Bonchev–Trinajstić information content (AvgIpc) is 3.14. The molecule has 0 spiro atoms. The van der Waals surface area contributed by atoms with Crippen molar-refractivity contribution in [2.45, 2.75) is 31.7 Å². The molecule has 1 atom stereocenters. The van der Waals surface area contributed by atoms with Gasteiger partial charge in [0.1, 0.15) is 5.60 Å². The van der Waals surface area contributed by atoms with E-state index in [1.165, 1.54) is 28.8 Å². The summed E-state index contributed by atoms with van der Waals surface area (Å²) in [5, 5.41) is -0.534. The summed E-state index contributed by atoms with van der Waals surface area (Å²) in [5.74, 6) is -1.76. The molecule has 138 valence electrons. The first-order valence-electron chi connectivity index (χ1n) is 8.00. The molecule has 2 heterocycles. The van der Waals surface area contributed by atoms with Gasteiger partial charge >= 0.3 is 12.1 Å². The highest BCUT2D eigenvalue weighted by molar-refractivity contribution is 8.00. The molecule has 0 aliphatic carbocycles. The molecule has 2 aliphatic heterocycles. The first-order valence-corrected chi connectivity index (χ1v) is 9.05. The second-order valence-corrected chi connectivity index (χ2v) is 7.95. The van der Waals surface area contributed by atoms with Gasteiger partial charge in [-0.15, -0.1) is 11.8 Å². The average molecular weight is 378 g/mol. The normalized spacial score (nSPS) is 19.6. The molecule has 1 saturated heterocycles. The molecule has 9 heteroatoms. The van der Waals surface area contributed by atoms with Crippen LogP contribution in [0.4, 0.5) is 4.79 Å². The minimum absolute atomic E-state index is 0.174. The van der Waals surface area contributed by atoms with Crippen molar-refractivity contribution in [3.05, 3.63) is 35.4 Å². The van der Waals surface area contributed by atoms with E-state index in [4.69, 9.17) is 9.57 Å². The van der Waals surface area contributed by atoms with Gasteiger partial charge in [0.15, 0.2) is 5.37 Å². The minimum atomic E-state index is -0.978. The van der Waals surface area contributed by atoms with Gasteiger partial charge in [-0.2, -0.15) is 0 Å². The molecule has 1 fully saturated rings. The van der Waals surface area contributed by atoms with E-state index < -0.39 is 34.9 Å². The molecule has 0 bridgehead atoms. The summed E-state index contributed by atoms with van der Waals surface area (Å²) in [6, 6.07) is 6.21. The van der Waals surface area contributed by atoms with Crippen LogP contribution in [0.3, 0.4) is 0 Å². The first kappa shape index (κ1) is 18.2. The van der Waals surface area contributed by atoms with E-state index in [0.717, 1.165) is 0 Å². The summed E-state index contributed by atoms with van der Waals surface area (Å²) in [6.07, 6.45) is -0.646. The highest BCUT2D eigenvalue weighted by Gasteiger charge is 2.43. The van der Waals surface area contributed by atoms with E-state index in [9.17, 15) is 19.2 Å². The fourth-order valence-corrected chi connectivity index (χ4v) is 3.63. The van der Waals surface area contributed by atoms with E-state index in [0.29, 0.717) is 17.4 Å². The van der Waals surface area contributed by atoms with Crippen molar-refractivity contribution in [3.63, 3.8) is 0 Å². The van der Waals surface area contributed by atoms with Crippen molar-refractivity contribution in [2.75, 3.05) is 12.3 Å². The SMILES string of the molecule is CC(C)(C)OC(=O)N1CCSC1C(=O)ON1C(=O)c2ccccc2C1=O. The number of fused-ring (bicyclic) bond motifs is 1. The van der Waals surface area contributed by atoms with Crippen molar-refractivity contribution in [3.8, 4) is 0 Å². The molecule has 8 nitrogen and oxygen atoms in total. The zero-order valence-electron chi connectivity index (χ0n) is 14.6. The van der Waals surface area contributed by atoms with E-state index in [1.807, 2.05) is 0 Å². The van der Waals surface area contributed by atoms with Crippen molar-refractivity contribution in [1.29, 1.82) is 0 Å². The largest absolute Gasteiger partial charge is 0.444 e. The predicted molar refractivity (Wildman–Crippen MR) is 92.2 cm³/mol. The molecule has 3 rings (SSSR count). The number of hydroxylamine groups is 2. The van der Waals surface area contributed by atoms with Gasteiger partial charge in [0.25, 0.3) is 11.8 Å². The fraction of sp³-hybridized carbons (Fsp3) is 0.412. The van der Waals surface area contributed by atoms with Gasteiger partial charge in [0.05, 0.1) is 11.1 Å². The number of hydrogen-bond donors (Lipinski definition) is 0. The lowest BCUT2D eigenvalue weighted by atomic mass is 10.1. The molecular formula is C17H18N2O6S. The van der Waals surface area contributed by atoms with Gasteiger partial charge in [-0.05, 0) is 32.9 Å². The Morgan fingerprint density at radius 3 is 2.23 bits per heavy atom. The second kappa shape index (κ2) is 6.64. The Morgan fingerprint density at radius 2 is 1.69 bits per heavy atom. The molecular weight excluding hydrogens is 360 g/mol. The van der Waals surface area contributed by atoms with Gasteiger partial charge in [0, 0.05) is 12.3 Å². The van der Waals surface area contributed by atoms with Crippen LogP contribution >= 0.6 is 11.8 Å². The number of thioether (sulfide) groups is 1. The van der Waals surface area contributed by atoms with E-state index >= 15 is 0 Å². The van der Waals surface area contributed by atoms with Crippen molar-refractivity contribution < 1.29 is 28.8 Å². The van der Waals surface area contributed by atoms with Crippen LogP contribution in [0.5, 0.6) is 0 Å². The van der Waals surface area contributed by atoms with Crippen LogP contribution in [0.1, 0.15) is 41.5 Å². The Hall–Kier alpha value is -2.55. The number of benzene rings is 1. The second-order valence-electron chi connectivity index (χ2n) is 6.76. The molecule has 3 amide bonds. The molecule has 0 saturated carbocycles. The quantitative estimate of drug-likeness (QED) is 0.727. The number of ether oxygens (including phenoxy) is 1. The zero-order valence-corrected chi connectivity index (χ0v) is 15.4. The lowest BCUT2D eigenvalue weighted by molar-refractivity contribution is -0.170. The van der Waals surface area contributed by atoms with Crippen molar-refractivity contribution in [2.24, 2.45) is 0 Å². The fourth-order valence-electron chi connectivity index (χ4n) is 2.56. The number of imide groups is 1. The number of hydrogen-bond acceptors (Lipinski definition) is 7. The number of nitrogens with zero attached hydrogens (tertiary/aromatic N) is 2. The third-order valence-electron chi connectivity index (χ3n) is 3.66. The van der Waals surface area contributed by atoms with E-state index in [2.05, 4.69) is 0 Å². The molecule has 2 aliphatic rings. The Bertz CT molecular complexity index is 753. The Kier molecular flexibility index (Phi) is 4.66. The topological polar surface area (TPSA) is 93.2 Å². The van der Waals surface area contributed by atoms with Gasteiger partial charge in [0.2, 0.25) is 0 Å². The molecule has 0 radical (unpaired) electrons. The first-order chi connectivity index (χ1) is 12.2. The van der Waals surface area contributed by atoms with Crippen LogP contribution in [0.15, 0.2) is 24.3 Å². The highest BCUT2D eigenvalue weighted by atomic mass is 32.2. The lowest BCUT2D eigenvalue weighted by Crippen LogP contribution is -2.45. The Morgan fingerprint density at radius 1 is 1.12 bits per heavy atom. The maximum Gasteiger partial charge on any atom is 0.411 e. The summed E-state index contributed by atoms with van der Waals surface area (Å²) in [4.78, 5) is 55.6. The summed E-state index contributed by atoms with van der Waals surface area (Å²) < 4.78 is 5.28.